The third-order valence-electron chi connectivity index (χ3n) is 4.49. The van der Waals surface area contributed by atoms with Gasteiger partial charge in [-0.25, -0.2) is 0 Å². The number of hydrogen-bond donors (Lipinski definition) is 1. The maximum absolute atomic E-state index is 12.3. The first-order chi connectivity index (χ1) is 10.3. The van der Waals surface area contributed by atoms with Crippen molar-refractivity contribution in [2.75, 3.05) is 0 Å². The van der Waals surface area contributed by atoms with Crippen LogP contribution in [0.3, 0.4) is 0 Å². The van der Waals surface area contributed by atoms with Crippen molar-refractivity contribution in [3.63, 3.8) is 0 Å². The lowest BCUT2D eigenvalue weighted by molar-refractivity contribution is -0.130. The van der Waals surface area contributed by atoms with E-state index >= 15 is 0 Å². The van der Waals surface area contributed by atoms with Gasteiger partial charge in [0.05, 0.1) is 17.2 Å². The number of halogens is 1. The molecule has 1 aliphatic rings. The molecule has 1 aliphatic carbocycles. The zero-order chi connectivity index (χ0) is 16.1. The van der Waals surface area contributed by atoms with Crippen molar-refractivity contribution in [1.82, 2.24) is 5.16 Å². The van der Waals surface area contributed by atoms with E-state index in [2.05, 4.69) is 21.1 Å². The van der Waals surface area contributed by atoms with Gasteiger partial charge in [0.1, 0.15) is 11.5 Å². The van der Waals surface area contributed by atoms with Gasteiger partial charge >= 0.3 is 0 Å². The zero-order valence-electron chi connectivity index (χ0n) is 12.8. The molecule has 2 aromatic rings. The number of aliphatic hydroxyl groups is 1. The number of nitrogens with zero attached hydrogens (tertiary/aromatic N) is 1. The van der Waals surface area contributed by atoms with E-state index < -0.39 is 11.5 Å². The highest BCUT2D eigenvalue weighted by atomic mass is 79.9. The number of ketones is 1. The Hall–Kier alpha value is -1.46. The Kier molecular flexibility index (Phi) is 3.73. The third kappa shape index (κ3) is 2.42. The first kappa shape index (κ1) is 15.4. The van der Waals surface area contributed by atoms with Gasteiger partial charge in [-0.05, 0) is 38.5 Å². The average molecular weight is 364 g/mol. The maximum atomic E-state index is 12.3. The van der Waals surface area contributed by atoms with Crippen molar-refractivity contribution in [1.29, 1.82) is 0 Å². The van der Waals surface area contributed by atoms with Gasteiger partial charge in [-0.3, -0.25) is 4.79 Å². The molecule has 3 rings (SSSR count). The van der Waals surface area contributed by atoms with Crippen LogP contribution >= 0.6 is 15.9 Å². The highest BCUT2D eigenvalue weighted by Gasteiger charge is 2.49. The van der Waals surface area contributed by atoms with Crippen LogP contribution in [-0.2, 0) is 11.2 Å². The predicted molar refractivity (Wildman–Crippen MR) is 85.7 cm³/mol. The molecule has 0 amide bonds. The Labute approximate surface area is 137 Å². The van der Waals surface area contributed by atoms with Crippen LogP contribution in [0.1, 0.15) is 42.3 Å². The van der Waals surface area contributed by atoms with E-state index in [1.54, 1.807) is 13.8 Å². The van der Waals surface area contributed by atoms with E-state index in [9.17, 15) is 9.90 Å². The summed E-state index contributed by atoms with van der Waals surface area (Å²) in [6, 6.07) is 7.83. The molecule has 0 fully saturated rings. The normalized spacial score (nSPS) is 27.5. The van der Waals surface area contributed by atoms with E-state index in [1.807, 2.05) is 31.2 Å². The molecule has 1 N–H and O–H groups in total. The van der Waals surface area contributed by atoms with Crippen LogP contribution in [-0.4, -0.2) is 21.6 Å². The number of aryl methyl sites for hydroxylation is 1. The Balaban J connectivity index is 2.23. The van der Waals surface area contributed by atoms with Gasteiger partial charge in [-0.1, -0.05) is 33.2 Å². The maximum Gasteiger partial charge on any atom is 0.137 e. The average Bonchev–Trinajstić information content (AvgIpc) is 2.77. The number of aromatic nitrogens is 1. The number of carbonyl (C=O) groups excluding carboxylic acids is 1. The molecule has 1 heterocycles. The van der Waals surface area contributed by atoms with Crippen LogP contribution in [0.4, 0.5) is 0 Å². The summed E-state index contributed by atoms with van der Waals surface area (Å²) in [5, 5.41) is 14.9. The van der Waals surface area contributed by atoms with E-state index in [-0.39, 0.29) is 11.7 Å². The number of rotatable bonds is 2. The quantitative estimate of drug-likeness (QED) is 0.887. The lowest BCUT2D eigenvalue weighted by atomic mass is 9.64. The van der Waals surface area contributed by atoms with Gasteiger partial charge in [-0.15, -0.1) is 0 Å². The van der Waals surface area contributed by atoms with Crippen LogP contribution in [0.2, 0.25) is 0 Å². The van der Waals surface area contributed by atoms with E-state index in [0.717, 1.165) is 21.3 Å². The van der Waals surface area contributed by atoms with Gasteiger partial charge in [0.25, 0.3) is 0 Å². The zero-order valence-corrected chi connectivity index (χ0v) is 14.3. The third-order valence-corrected chi connectivity index (χ3v) is 5.02. The second-order valence-corrected chi connectivity index (χ2v) is 7.17. The Morgan fingerprint density at radius 1 is 1.41 bits per heavy atom. The van der Waals surface area contributed by atoms with Gasteiger partial charge in [0, 0.05) is 22.4 Å². The van der Waals surface area contributed by atoms with Crippen LogP contribution in [0, 0.1) is 12.8 Å². The van der Waals surface area contributed by atoms with Crippen molar-refractivity contribution in [2.45, 2.75) is 38.7 Å². The lowest BCUT2D eigenvalue weighted by Crippen LogP contribution is -2.48. The molecule has 116 valence electrons. The summed E-state index contributed by atoms with van der Waals surface area (Å²) in [6.07, 6.45) is 0.330. The fourth-order valence-corrected chi connectivity index (χ4v) is 3.89. The summed E-state index contributed by atoms with van der Waals surface area (Å²) in [4.78, 5) is 12.3. The topological polar surface area (TPSA) is 63.3 Å². The molecule has 3 atom stereocenters. The number of benzene rings is 1. The minimum absolute atomic E-state index is 0.0239. The standard InChI is InChI=1S/C17H18BrNO3/c1-9(20)16-15(11-4-6-12(18)7-5-11)14-10(2)22-19-13(14)8-17(16,3)21/h4-7,15-16,21H,8H2,1-3H3/t15-,16+,17+/m0/s1. The van der Waals surface area contributed by atoms with Crippen LogP contribution in [0.25, 0.3) is 0 Å². The lowest BCUT2D eigenvalue weighted by Gasteiger charge is -2.40. The number of fused-ring (bicyclic) bond motifs is 1. The van der Waals surface area contributed by atoms with E-state index in [1.165, 1.54) is 0 Å². The highest BCUT2D eigenvalue weighted by molar-refractivity contribution is 9.10. The number of carbonyl (C=O) groups is 1. The van der Waals surface area contributed by atoms with Gasteiger partial charge in [0.15, 0.2) is 0 Å². The fourth-order valence-electron chi connectivity index (χ4n) is 3.63. The molecular formula is C17H18BrNO3. The minimum Gasteiger partial charge on any atom is -0.389 e. The second-order valence-electron chi connectivity index (χ2n) is 6.25. The second kappa shape index (κ2) is 5.32. The summed E-state index contributed by atoms with van der Waals surface area (Å²) in [5.41, 5.74) is 1.53. The predicted octanol–water partition coefficient (Wildman–Crippen LogP) is 3.39. The minimum atomic E-state index is -1.14. The molecule has 0 saturated heterocycles. The first-order valence-corrected chi connectivity index (χ1v) is 8.04. The van der Waals surface area contributed by atoms with E-state index in [0.29, 0.717) is 12.2 Å². The molecule has 0 aliphatic heterocycles. The molecule has 1 aromatic heterocycles. The summed E-state index contributed by atoms with van der Waals surface area (Å²) < 4.78 is 6.31. The fraction of sp³-hybridized carbons (Fsp3) is 0.412. The molecule has 0 radical (unpaired) electrons. The molecule has 0 bridgehead atoms. The Morgan fingerprint density at radius 3 is 2.64 bits per heavy atom. The summed E-state index contributed by atoms with van der Waals surface area (Å²) in [5.74, 6) is -0.0660. The van der Waals surface area contributed by atoms with Crippen molar-refractivity contribution >= 4 is 21.7 Å². The number of Topliss-reactive ketones (excluding diaryl/α,β-unsaturated/α-hetero) is 1. The molecule has 0 saturated carbocycles. The van der Waals surface area contributed by atoms with Gasteiger partial charge in [-0.2, -0.15) is 0 Å². The molecule has 4 nitrogen and oxygen atoms in total. The van der Waals surface area contributed by atoms with Gasteiger partial charge in [0.2, 0.25) is 0 Å². The SMILES string of the molecule is CC(=O)[C@@H]1[C@@H](c2ccc(Br)cc2)c2c(noc2C)C[C@@]1(C)O. The molecule has 1 aromatic carbocycles. The molecular weight excluding hydrogens is 346 g/mol. The van der Waals surface area contributed by atoms with E-state index in [4.69, 9.17) is 4.52 Å². The van der Waals surface area contributed by atoms with Crippen LogP contribution in [0.5, 0.6) is 0 Å². The van der Waals surface area contributed by atoms with Crippen molar-refractivity contribution in [2.24, 2.45) is 5.92 Å². The largest absolute Gasteiger partial charge is 0.389 e. The van der Waals surface area contributed by atoms with Crippen molar-refractivity contribution in [3.05, 3.63) is 51.3 Å². The van der Waals surface area contributed by atoms with Crippen molar-refractivity contribution < 1.29 is 14.4 Å². The van der Waals surface area contributed by atoms with Crippen LogP contribution in [0.15, 0.2) is 33.3 Å². The Bertz CT molecular complexity index is 718. The smallest absolute Gasteiger partial charge is 0.137 e. The van der Waals surface area contributed by atoms with Crippen molar-refractivity contribution in [3.8, 4) is 0 Å². The first-order valence-electron chi connectivity index (χ1n) is 7.24. The molecule has 5 heteroatoms. The molecule has 0 spiro atoms. The highest BCUT2D eigenvalue weighted by Crippen LogP contribution is 2.47. The molecule has 0 unspecified atom stereocenters. The number of hydrogen-bond acceptors (Lipinski definition) is 4. The Morgan fingerprint density at radius 2 is 2.05 bits per heavy atom. The summed E-state index contributed by atoms with van der Waals surface area (Å²) in [7, 11) is 0. The van der Waals surface area contributed by atoms with Crippen LogP contribution < -0.4 is 0 Å². The van der Waals surface area contributed by atoms with Gasteiger partial charge < -0.3 is 9.63 Å². The monoisotopic (exact) mass is 363 g/mol. The summed E-state index contributed by atoms with van der Waals surface area (Å²) in [6.45, 7) is 5.10. The molecule has 22 heavy (non-hydrogen) atoms. The summed E-state index contributed by atoms with van der Waals surface area (Å²) >= 11 is 3.43.